The van der Waals surface area contributed by atoms with E-state index in [-0.39, 0.29) is 0 Å². The maximum atomic E-state index is 6.33. The fourth-order valence-corrected chi connectivity index (χ4v) is 6.94. The number of hydrogen-bond donors (Lipinski definition) is 0. The van der Waals surface area contributed by atoms with Gasteiger partial charge in [-0.3, -0.25) is 4.90 Å². The minimum atomic E-state index is 0.419. The molecule has 2 bridgehead atoms. The van der Waals surface area contributed by atoms with E-state index in [1.54, 1.807) is 11.1 Å². The molecule has 0 unspecified atom stereocenters. The van der Waals surface area contributed by atoms with E-state index in [9.17, 15) is 0 Å². The van der Waals surface area contributed by atoms with Crippen molar-refractivity contribution < 1.29 is 4.74 Å². The molecule has 3 atom stereocenters. The van der Waals surface area contributed by atoms with E-state index >= 15 is 0 Å². The van der Waals surface area contributed by atoms with Gasteiger partial charge in [0.05, 0.1) is 0 Å². The number of likely N-dealkylation sites (tertiary alicyclic amines) is 1. The van der Waals surface area contributed by atoms with Gasteiger partial charge >= 0.3 is 0 Å². The molecule has 0 aromatic heterocycles. The van der Waals surface area contributed by atoms with Gasteiger partial charge < -0.3 is 9.64 Å². The van der Waals surface area contributed by atoms with Crippen LogP contribution >= 0.6 is 0 Å². The van der Waals surface area contributed by atoms with Crippen LogP contribution in [0.1, 0.15) is 54.4 Å². The monoisotopic (exact) mass is 388 g/mol. The molecule has 29 heavy (non-hydrogen) atoms. The molecule has 3 heteroatoms. The van der Waals surface area contributed by atoms with Gasteiger partial charge in [0.15, 0.2) is 0 Å². The molecule has 2 aromatic carbocycles. The van der Waals surface area contributed by atoms with Gasteiger partial charge in [-0.15, -0.1) is 0 Å². The smallest absolute Gasteiger partial charge is 0.142 e. The van der Waals surface area contributed by atoms with Crippen LogP contribution in [-0.2, 0) is 24.9 Å². The fraction of sp³-hybridized carbons (Fsp3) is 0.538. The van der Waals surface area contributed by atoms with Crippen LogP contribution < -0.4 is 4.74 Å². The molecule has 2 aliphatic heterocycles. The Morgan fingerprint density at radius 1 is 1.07 bits per heavy atom. The highest BCUT2D eigenvalue weighted by Gasteiger charge is 2.53. The SMILES string of the molecule is CN1CC[C@]23CCCC[C@H]2[C@H]1Cc1cc2c(cc13)OCN(Cc1ccccc1)C2. The number of nitrogens with zero attached hydrogens (tertiary/aromatic N) is 2. The first-order valence-corrected chi connectivity index (χ1v) is 11.5. The summed E-state index contributed by atoms with van der Waals surface area (Å²) in [6.07, 6.45) is 8.17. The molecule has 3 nitrogen and oxygen atoms in total. The number of ether oxygens (including phenoxy) is 1. The lowest BCUT2D eigenvalue weighted by molar-refractivity contribution is 0.00221. The molecule has 2 aliphatic carbocycles. The van der Waals surface area contributed by atoms with E-state index in [1.165, 1.54) is 56.2 Å². The Labute approximate surface area is 174 Å². The summed E-state index contributed by atoms with van der Waals surface area (Å²) >= 11 is 0. The molecule has 0 N–H and O–H groups in total. The number of fused-ring (bicyclic) bond motifs is 2. The Kier molecular flexibility index (Phi) is 4.25. The highest BCUT2D eigenvalue weighted by atomic mass is 16.5. The highest BCUT2D eigenvalue weighted by Crippen LogP contribution is 2.56. The molecular formula is C26H32N2O. The third-order valence-corrected chi connectivity index (χ3v) is 8.34. The average Bonchev–Trinajstić information content (AvgIpc) is 2.76. The van der Waals surface area contributed by atoms with Crippen molar-refractivity contribution in [2.75, 3.05) is 20.3 Å². The van der Waals surface area contributed by atoms with Crippen molar-refractivity contribution in [1.82, 2.24) is 9.80 Å². The molecule has 0 radical (unpaired) electrons. The van der Waals surface area contributed by atoms with Gasteiger partial charge in [0.25, 0.3) is 0 Å². The van der Waals surface area contributed by atoms with Crippen molar-refractivity contribution >= 4 is 0 Å². The first-order valence-electron chi connectivity index (χ1n) is 11.5. The minimum absolute atomic E-state index is 0.419. The largest absolute Gasteiger partial charge is 0.478 e. The molecule has 2 aromatic rings. The molecule has 4 aliphatic rings. The third kappa shape index (κ3) is 2.85. The number of hydrogen-bond acceptors (Lipinski definition) is 3. The van der Waals surface area contributed by atoms with Crippen molar-refractivity contribution in [3.05, 3.63) is 64.7 Å². The second kappa shape index (κ2) is 6.85. The van der Waals surface area contributed by atoms with E-state index in [2.05, 4.69) is 59.3 Å². The quantitative estimate of drug-likeness (QED) is 0.740. The molecule has 152 valence electrons. The summed E-state index contributed by atoms with van der Waals surface area (Å²) in [5.74, 6) is 2.00. The zero-order valence-electron chi connectivity index (χ0n) is 17.6. The summed E-state index contributed by atoms with van der Waals surface area (Å²) in [6.45, 7) is 3.90. The van der Waals surface area contributed by atoms with Gasteiger partial charge in [-0.05, 0) is 68.0 Å². The highest BCUT2D eigenvalue weighted by molar-refractivity contribution is 5.50. The molecule has 0 spiro atoms. The van der Waals surface area contributed by atoms with Crippen LogP contribution in [0.2, 0.25) is 0 Å². The van der Waals surface area contributed by atoms with Crippen LogP contribution in [0.25, 0.3) is 0 Å². The zero-order chi connectivity index (χ0) is 19.4. The second-order valence-electron chi connectivity index (χ2n) is 9.87. The van der Waals surface area contributed by atoms with Crippen molar-refractivity contribution in [2.24, 2.45) is 5.92 Å². The predicted octanol–water partition coefficient (Wildman–Crippen LogP) is 4.73. The molecule has 1 saturated heterocycles. The normalized spacial score (nSPS) is 31.3. The zero-order valence-corrected chi connectivity index (χ0v) is 17.6. The van der Waals surface area contributed by atoms with Crippen LogP contribution in [0.15, 0.2) is 42.5 Å². The summed E-state index contributed by atoms with van der Waals surface area (Å²) in [5, 5.41) is 0. The lowest BCUT2D eigenvalue weighted by atomic mass is 9.52. The lowest BCUT2D eigenvalue weighted by Crippen LogP contribution is -2.59. The maximum Gasteiger partial charge on any atom is 0.142 e. The van der Waals surface area contributed by atoms with E-state index in [0.29, 0.717) is 12.1 Å². The Hall–Kier alpha value is -1.84. The number of likely N-dealkylation sites (N-methyl/N-ethyl adjacent to an activating group) is 1. The molecule has 2 heterocycles. The van der Waals surface area contributed by atoms with Gasteiger partial charge in [0.1, 0.15) is 12.5 Å². The molecule has 2 fully saturated rings. The minimum Gasteiger partial charge on any atom is -0.478 e. The predicted molar refractivity (Wildman–Crippen MR) is 116 cm³/mol. The molecule has 0 amide bonds. The summed E-state index contributed by atoms with van der Waals surface area (Å²) in [5.41, 5.74) is 6.43. The van der Waals surface area contributed by atoms with Crippen LogP contribution in [-0.4, -0.2) is 36.2 Å². The molecular weight excluding hydrogens is 356 g/mol. The van der Waals surface area contributed by atoms with Crippen molar-refractivity contribution in [2.45, 2.75) is 63.1 Å². The van der Waals surface area contributed by atoms with Crippen molar-refractivity contribution in [1.29, 1.82) is 0 Å². The number of benzene rings is 2. The third-order valence-electron chi connectivity index (χ3n) is 8.34. The summed E-state index contributed by atoms with van der Waals surface area (Å²) in [6, 6.07) is 16.5. The van der Waals surface area contributed by atoms with Gasteiger partial charge in [0.2, 0.25) is 0 Å². The van der Waals surface area contributed by atoms with E-state index < -0.39 is 0 Å². The second-order valence-corrected chi connectivity index (χ2v) is 9.87. The summed E-state index contributed by atoms with van der Waals surface area (Å²) < 4.78 is 6.33. The van der Waals surface area contributed by atoms with Crippen molar-refractivity contribution in [3.8, 4) is 5.75 Å². The number of rotatable bonds is 2. The Morgan fingerprint density at radius 3 is 2.86 bits per heavy atom. The fourth-order valence-electron chi connectivity index (χ4n) is 6.94. The lowest BCUT2D eigenvalue weighted by Gasteiger charge is -2.58. The summed E-state index contributed by atoms with van der Waals surface area (Å²) in [7, 11) is 2.36. The van der Waals surface area contributed by atoms with Gasteiger partial charge in [-0.1, -0.05) is 49.2 Å². The van der Waals surface area contributed by atoms with E-state index in [1.807, 2.05) is 0 Å². The molecule has 1 saturated carbocycles. The van der Waals surface area contributed by atoms with Crippen LogP contribution in [0, 0.1) is 5.92 Å². The van der Waals surface area contributed by atoms with E-state index in [4.69, 9.17) is 4.74 Å². The van der Waals surface area contributed by atoms with Crippen LogP contribution in [0.4, 0.5) is 0 Å². The van der Waals surface area contributed by atoms with Crippen LogP contribution in [0.5, 0.6) is 5.75 Å². The average molecular weight is 389 g/mol. The Morgan fingerprint density at radius 2 is 1.97 bits per heavy atom. The topological polar surface area (TPSA) is 15.7 Å². The Bertz CT molecular complexity index is 910. The summed E-state index contributed by atoms with van der Waals surface area (Å²) in [4.78, 5) is 5.08. The van der Waals surface area contributed by atoms with Gasteiger partial charge in [0, 0.05) is 30.1 Å². The maximum absolute atomic E-state index is 6.33. The standard InChI is InChI=1S/C26H32N2O/c1-27-12-11-26-10-6-5-9-22(26)24(27)14-20-13-21-17-28(16-19-7-3-2-4-8-19)18-29-25(21)15-23(20)26/h2-4,7-8,13,15,22,24H,5-6,9-12,14,16-18H2,1H3/t22-,24+,26+/m0/s1. The van der Waals surface area contributed by atoms with Gasteiger partial charge in [-0.25, -0.2) is 0 Å². The Balaban J connectivity index is 1.34. The van der Waals surface area contributed by atoms with Crippen molar-refractivity contribution in [3.63, 3.8) is 0 Å². The number of piperidine rings is 1. The van der Waals surface area contributed by atoms with Crippen LogP contribution in [0.3, 0.4) is 0 Å². The van der Waals surface area contributed by atoms with Gasteiger partial charge in [-0.2, -0.15) is 0 Å². The van der Waals surface area contributed by atoms with E-state index in [0.717, 1.165) is 30.8 Å². The first kappa shape index (κ1) is 18.0. The molecule has 6 rings (SSSR count). The first-order chi connectivity index (χ1) is 14.2.